The van der Waals surface area contributed by atoms with Gasteiger partial charge in [0, 0.05) is 23.5 Å². The Hall–Kier alpha value is -2.89. The summed E-state index contributed by atoms with van der Waals surface area (Å²) in [6.07, 6.45) is 2.29. The molecule has 2 N–H and O–H groups in total. The normalized spacial score (nSPS) is 11.5. The number of amides is 2. The average molecular weight is 327 g/mol. The van der Waals surface area contributed by atoms with E-state index in [9.17, 15) is 9.59 Å². The minimum Gasteiger partial charge on any atom is -0.497 e. The number of nitrogens with one attached hydrogen (secondary N) is 2. The van der Waals surface area contributed by atoms with Gasteiger partial charge in [0.15, 0.2) is 0 Å². The van der Waals surface area contributed by atoms with E-state index >= 15 is 0 Å². The molecule has 0 saturated heterocycles. The molecule has 0 bridgehead atoms. The Morgan fingerprint density at radius 2 is 1.88 bits per heavy atom. The minimum absolute atomic E-state index is 0.0715. The fourth-order valence-corrected chi connectivity index (χ4v) is 1.97. The number of ether oxygens (including phenoxy) is 1. The van der Waals surface area contributed by atoms with Crippen molar-refractivity contribution in [2.75, 3.05) is 12.4 Å². The summed E-state index contributed by atoms with van der Waals surface area (Å²) in [6.45, 7) is 3.92. The molecule has 6 heteroatoms. The maximum Gasteiger partial charge on any atom is 0.274 e. The lowest BCUT2D eigenvalue weighted by Gasteiger charge is -2.11. The topological polar surface area (TPSA) is 80.3 Å². The molecule has 1 atom stereocenters. The van der Waals surface area contributed by atoms with Gasteiger partial charge < -0.3 is 15.4 Å². The number of anilines is 1. The Kier molecular flexibility index (Phi) is 5.89. The van der Waals surface area contributed by atoms with E-state index in [4.69, 9.17) is 4.74 Å². The second-order valence-electron chi connectivity index (χ2n) is 5.40. The summed E-state index contributed by atoms with van der Waals surface area (Å²) in [7, 11) is 1.58. The first-order valence-electron chi connectivity index (χ1n) is 7.75. The Morgan fingerprint density at radius 1 is 1.17 bits per heavy atom. The largest absolute Gasteiger partial charge is 0.497 e. The molecule has 1 unspecified atom stereocenters. The molecule has 24 heavy (non-hydrogen) atoms. The van der Waals surface area contributed by atoms with Crippen LogP contribution >= 0.6 is 0 Å². The first-order valence-corrected chi connectivity index (χ1v) is 7.75. The van der Waals surface area contributed by atoms with Crippen LogP contribution in [0, 0.1) is 0 Å². The van der Waals surface area contributed by atoms with Crippen LogP contribution in [0.15, 0.2) is 42.6 Å². The number of aromatic nitrogens is 1. The zero-order chi connectivity index (χ0) is 17.5. The molecule has 1 aromatic carbocycles. The van der Waals surface area contributed by atoms with Crippen molar-refractivity contribution < 1.29 is 14.3 Å². The molecule has 1 aromatic heterocycles. The number of carbonyl (C=O) groups excluding carboxylic acids is 2. The van der Waals surface area contributed by atoms with Crippen molar-refractivity contribution in [1.29, 1.82) is 0 Å². The molecular weight excluding hydrogens is 306 g/mol. The number of hydrogen-bond donors (Lipinski definition) is 2. The maximum atomic E-state index is 12.3. The highest BCUT2D eigenvalue weighted by atomic mass is 16.5. The summed E-state index contributed by atoms with van der Waals surface area (Å²) in [5.74, 6) is 0.110. The van der Waals surface area contributed by atoms with Crippen molar-refractivity contribution in [1.82, 2.24) is 10.3 Å². The maximum absolute atomic E-state index is 12.3. The van der Waals surface area contributed by atoms with Gasteiger partial charge in [0.05, 0.1) is 7.11 Å². The monoisotopic (exact) mass is 327 g/mol. The number of pyridine rings is 1. The number of methoxy groups -OCH3 is 1. The summed E-state index contributed by atoms with van der Waals surface area (Å²) in [4.78, 5) is 28.5. The minimum atomic E-state index is -0.377. The van der Waals surface area contributed by atoms with Gasteiger partial charge in [-0.1, -0.05) is 6.92 Å². The van der Waals surface area contributed by atoms with Gasteiger partial charge in [-0.15, -0.1) is 0 Å². The molecule has 0 fully saturated rings. The van der Waals surface area contributed by atoms with Crippen LogP contribution in [0.2, 0.25) is 0 Å². The fourth-order valence-electron chi connectivity index (χ4n) is 1.97. The Bertz CT molecular complexity index is 714. The Balaban J connectivity index is 2.09. The Labute approximate surface area is 141 Å². The van der Waals surface area contributed by atoms with E-state index in [-0.39, 0.29) is 23.6 Å². The lowest BCUT2D eigenvalue weighted by atomic mass is 10.2. The van der Waals surface area contributed by atoms with Crippen LogP contribution in [-0.2, 0) is 0 Å². The van der Waals surface area contributed by atoms with Crippen molar-refractivity contribution >= 4 is 17.5 Å². The van der Waals surface area contributed by atoms with E-state index < -0.39 is 0 Å². The first-order chi connectivity index (χ1) is 11.5. The van der Waals surface area contributed by atoms with Crippen LogP contribution in [0.5, 0.6) is 5.75 Å². The second kappa shape index (κ2) is 8.10. The number of rotatable bonds is 6. The number of carbonyl (C=O) groups is 2. The predicted molar refractivity (Wildman–Crippen MR) is 92.4 cm³/mol. The molecule has 0 spiro atoms. The van der Waals surface area contributed by atoms with Crippen LogP contribution in [0.25, 0.3) is 0 Å². The van der Waals surface area contributed by atoms with Crippen molar-refractivity contribution in [3.8, 4) is 5.75 Å². The van der Waals surface area contributed by atoms with E-state index in [2.05, 4.69) is 15.6 Å². The standard InChI is InChI=1S/C18H21N3O3/c1-4-12(2)20-17(22)13-9-10-19-16(11-13)18(23)21-14-5-7-15(24-3)8-6-14/h5-12H,4H2,1-3H3,(H,20,22)(H,21,23). The highest BCUT2D eigenvalue weighted by molar-refractivity contribution is 6.04. The molecule has 2 aromatic rings. The molecule has 0 radical (unpaired) electrons. The molecule has 6 nitrogen and oxygen atoms in total. The van der Waals surface area contributed by atoms with Gasteiger partial charge in [0.25, 0.3) is 11.8 Å². The van der Waals surface area contributed by atoms with Gasteiger partial charge >= 0.3 is 0 Å². The third kappa shape index (κ3) is 4.55. The van der Waals surface area contributed by atoms with Gasteiger partial charge in [-0.05, 0) is 49.7 Å². The van der Waals surface area contributed by atoms with Crippen LogP contribution in [0.4, 0.5) is 5.69 Å². The molecule has 126 valence electrons. The first kappa shape index (κ1) is 17.5. The summed E-state index contributed by atoms with van der Waals surface area (Å²) in [5, 5.41) is 5.60. The fraction of sp³-hybridized carbons (Fsp3) is 0.278. The van der Waals surface area contributed by atoms with E-state index in [1.54, 1.807) is 37.4 Å². The molecular formula is C18H21N3O3. The highest BCUT2D eigenvalue weighted by Gasteiger charge is 2.13. The third-order valence-electron chi connectivity index (χ3n) is 3.59. The molecule has 0 aliphatic rings. The van der Waals surface area contributed by atoms with Crippen molar-refractivity contribution in [3.05, 3.63) is 53.9 Å². The highest BCUT2D eigenvalue weighted by Crippen LogP contribution is 2.15. The molecule has 0 saturated carbocycles. The molecule has 0 aliphatic heterocycles. The number of benzene rings is 1. The SMILES string of the molecule is CCC(C)NC(=O)c1ccnc(C(=O)Nc2ccc(OC)cc2)c1. The van der Waals surface area contributed by atoms with E-state index in [0.717, 1.165) is 6.42 Å². The zero-order valence-corrected chi connectivity index (χ0v) is 14.0. The van der Waals surface area contributed by atoms with Gasteiger partial charge in [0.2, 0.25) is 0 Å². The smallest absolute Gasteiger partial charge is 0.274 e. The second-order valence-corrected chi connectivity index (χ2v) is 5.40. The van der Waals surface area contributed by atoms with Crippen LogP contribution < -0.4 is 15.4 Å². The lowest BCUT2D eigenvalue weighted by molar-refractivity contribution is 0.0939. The summed E-state index contributed by atoms with van der Waals surface area (Å²) < 4.78 is 5.07. The van der Waals surface area contributed by atoms with Gasteiger partial charge in [0.1, 0.15) is 11.4 Å². The van der Waals surface area contributed by atoms with Gasteiger partial charge in [-0.25, -0.2) is 0 Å². The van der Waals surface area contributed by atoms with Crippen molar-refractivity contribution in [2.24, 2.45) is 0 Å². The summed E-state index contributed by atoms with van der Waals surface area (Å²) in [5.41, 5.74) is 1.21. The predicted octanol–water partition coefficient (Wildman–Crippen LogP) is 2.87. The quantitative estimate of drug-likeness (QED) is 0.855. The Morgan fingerprint density at radius 3 is 2.50 bits per heavy atom. The number of hydrogen-bond acceptors (Lipinski definition) is 4. The molecule has 0 aliphatic carbocycles. The molecule has 2 rings (SSSR count). The third-order valence-corrected chi connectivity index (χ3v) is 3.59. The van der Waals surface area contributed by atoms with Crippen LogP contribution in [-0.4, -0.2) is 29.9 Å². The van der Waals surface area contributed by atoms with E-state index in [1.807, 2.05) is 13.8 Å². The number of nitrogens with zero attached hydrogens (tertiary/aromatic N) is 1. The van der Waals surface area contributed by atoms with E-state index in [0.29, 0.717) is 17.0 Å². The summed E-state index contributed by atoms with van der Waals surface area (Å²) in [6, 6.07) is 10.1. The van der Waals surface area contributed by atoms with Crippen molar-refractivity contribution in [2.45, 2.75) is 26.3 Å². The zero-order valence-electron chi connectivity index (χ0n) is 14.0. The molecule has 2 amide bonds. The van der Waals surface area contributed by atoms with E-state index in [1.165, 1.54) is 12.3 Å². The van der Waals surface area contributed by atoms with Crippen LogP contribution in [0.3, 0.4) is 0 Å². The van der Waals surface area contributed by atoms with Gasteiger partial charge in [-0.3, -0.25) is 14.6 Å². The van der Waals surface area contributed by atoms with Gasteiger partial charge in [-0.2, -0.15) is 0 Å². The average Bonchev–Trinajstić information content (AvgIpc) is 2.62. The lowest BCUT2D eigenvalue weighted by Crippen LogP contribution is -2.32. The molecule has 1 heterocycles. The summed E-state index contributed by atoms with van der Waals surface area (Å²) >= 11 is 0. The van der Waals surface area contributed by atoms with Crippen molar-refractivity contribution in [3.63, 3.8) is 0 Å². The van der Waals surface area contributed by atoms with Crippen LogP contribution in [0.1, 0.15) is 41.1 Å².